The second-order valence-electron chi connectivity index (χ2n) is 5.56. The van der Waals surface area contributed by atoms with Crippen LogP contribution in [-0.4, -0.2) is 28.9 Å². The van der Waals surface area contributed by atoms with Crippen molar-refractivity contribution in [3.8, 4) is 0 Å². The zero-order valence-electron chi connectivity index (χ0n) is 12.2. The molecule has 3 rings (SSSR count). The Labute approximate surface area is 129 Å². The molecule has 1 aliphatic heterocycles. The Balaban J connectivity index is 1.57. The van der Waals surface area contributed by atoms with E-state index < -0.39 is 0 Å². The van der Waals surface area contributed by atoms with Crippen LogP contribution in [0.1, 0.15) is 42.4 Å². The second-order valence-corrected chi connectivity index (χ2v) is 6.54. The van der Waals surface area contributed by atoms with Crippen molar-refractivity contribution in [1.29, 1.82) is 0 Å². The van der Waals surface area contributed by atoms with Crippen LogP contribution in [0.4, 0.5) is 0 Å². The topological polar surface area (TPSA) is 48.1 Å². The van der Waals surface area contributed by atoms with E-state index in [2.05, 4.69) is 27.3 Å². The molecule has 112 valence electrons. The quantitative estimate of drug-likeness (QED) is 0.891. The molecule has 0 radical (unpaired) electrons. The summed E-state index contributed by atoms with van der Waals surface area (Å²) in [6, 6.07) is 8.64. The van der Waals surface area contributed by atoms with Crippen LogP contribution in [0.25, 0.3) is 0 Å². The number of nitrogens with zero attached hydrogens (tertiary/aromatic N) is 1. The number of H-pyrrole nitrogens is 1. The number of rotatable bonds is 5. The Morgan fingerprint density at radius 2 is 2.43 bits per heavy atom. The summed E-state index contributed by atoms with van der Waals surface area (Å²) in [7, 11) is 0. The average molecular weight is 303 g/mol. The predicted octanol–water partition coefficient (Wildman–Crippen LogP) is 3.09. The summed E-state index contributed by atoms with van der Waals surface area (Å²) >= 11 is 1.68. The first-order valence-electron chi connectivity index (χ1n) is 7.44. The van der Waals surface area contributed by atoms with Gasteiger partial charge in [0.1, 0.15) is 0 Å². The number of carbonyl (C=O) groups excluding carboxylic acids is 1. The smallest absolute Gasteiger partial charge is 0.234 e. The largest absolute Gasteiger partial charge is 0.364 e. The maximum atomic E-state index is 12.3. The highest BCUT2D eigenvalue weighted by Gasteiger charge is 2.28. The minimum atomic E-state index is 0.0871. The number of amides is 1. The first-order valence-corrected chi connectivity index (χ1v) is 8.32. The van der Waals surface area contributed by atoms with Crippen molar-refractivity contribution in [2.24, 2.45) is 0 Å². The van der Waals surface area contributed by atoms with E-state index in [0.717, 1.165) is 19.4 Å². The standard InChI is InChI=1S/C16H21N3OS/c1-12(15-7-4-10-21-15)18-16(20)11-19-9-3-6-14(19)13-5-2-8-17-13/h2,4-5,7-8,10,12,14,17H,3,6,9,11H2,1H3,(H,18,20). The monoisotopic (exact) mass is 303 g/mol. The first kappa shape index (κ1) is 14.4. The lowest BCUT2D eigenvalue weighted by Crippen LogP contribution is -2.37. The number of likely N-dealkylation sites (tertiary alicyclic amines) is 1. The first-order chi connectivity index (χ1) is 10.2. The molecule has 21 heavy (non-hydrogen) atoms. The lowest BCUT2D eigenvalue weighted by atomic mass is 10.1. The summed E-state index contributed by atoms with van der Waals surface area (Å²) in [4.78, 5) is 19.0. The molecule has 2 aromatic rings. The fraction of sp³-hybridized carbons (Fsp3) is 0.438. The van der Waals surface area contributed by atoms with Crippen LogP contribution in [-0.2, 0) is 4.79 Å². The summed E-state index contributed by atoms with van der Waals surface area (Å²) in [6.45, 7) is 3.50. The third-order valence-electron chi connectivity index (χ3n) is 4.04. The van der Waals surface area contributed by atoms with Gasteiger partial charge in [-0.3, -0.25) is 9.69 Å². The van der Waals surface area contributed by atoms with Crippen molar-refractivity contribution >= 4 is 17.2 Å². The fourth-order valence-corrected chi connectivity index (χ4v) is 3.73. The maximum absolute atomic E-state index is 12.3. The number of nitrogens with one attached hydrogen (secondary N) is 2. The Hall–Kier alpha value is -1.59. The predicted molar refractivity (Wildman–Crippen MR) is 85.2 cm³/mol. The Morgan fingerprint density at radius 3 is 3.14 bits per heavy atom. The van der Waals surface area contributed by atoms with E-state index >= 15 is 0 Å². The summed E-state index contributed by atoms with van der Waals surface area (Å²) in [6.07, 6.45) is 4.22. The van der Waals surface area contributed by atoms with Gasteiger partial charge in [0.15, 0.2) is 0 Å². The van der Waals surface area contributed by atoms with E-state index in [1.165, 1.54) is 10.6 Å². The number of hydrogen-bond donors (Lipinski definition) is 2. The molecule has 0 aromatic carbocycles. The summed E-state index contributed by atoms with van der Waals surface area (Å²) in [5, 5.41) is 5.14. The van der Waals surface area contributed by atoms with Crippen molar-refractivity contribution in [1.82, 2.24) is 15.2 Å². The number of hydrogen-bond acceptors (Lipinski definition) is 3. The van der Waals surface area contributed by atoms with Crippen LogP contribution in [0.5, 0.6) is 0 Å². The molecule has 1 aliphatic rings. The molecule has 4 nitrogen and oxygen atoms in total. The Bertz CT molecular complexity index is 564. The minimum absolute atomic E-state index is 0.0871. The maximum Gasteiger partial charge on any atom is 0.234 e. The van der Waals surface area contributed by atoms with Gasteiger partial charge in [0.05, 0.1) is 18.6 Å². The van der Waals surface area contributed by atoms with E-state index in [-0.39, 0.29) is 11.9 Å². The van der Waals surface area contributed by atoms with Crippen LogP contribution < -0.4 is 5.32 Å². The third kappa shape index (κ3) is 3.36. The minimum Gasteiger partial charge on any atom is -0.364 e. The summed E-state index contributed by atoms with van der Waals surface area (Å²) in [5.41, 5.74) is 1.21. The number of thiophene rings is 1. The van der Waals surface area contributed by atoms with Crippen molar-refractivity contribution < 1.29 is 4.79 Å². The van der Waals surface area contributed by atoms with E-state index in [1.54, 1.807) is 11.3 Å². The van der Waals surface area contributed by atoms with Crippen LogP contribution in [0.2, 0.25) is 0 Å². The number of aromatic nitrogens is 1. The Kier molecular flexibility index (Phi) is 4.41. The SMILES string of the molecule is CC(NC(=O)CN1CCCC1c1ccc[nH]1)c1cccs1. The van der Waals surface area contributed by atoms with Gasteiger partial charge in [-0.25, -0.2) is 0 Å². The van der Waals surface area contributed by atoms with Gasteiger partial charge in [0.2, 0.25) is 5.91 Å². The molecule has 1 amide bonds. The van der Waals surface area contributed by atoms with Crippen molar-refractivity contribution in [3.05, 3.63) is 46.4 Å². The summed E-state index contributed by atoms with van der Waals surface area (Å²) < 4.78 is 0. The molecule has 5 heteroatoms. The molecule has 2 atom stereocenters. The number of carbonyl (C=O) groups is 1. The highest BCUT2D eigenvalue weighted by atomic mass is 32.1. The molecule has 2 unspecified atom stereocenters. The van der Waals surface area contributed by atoms with Crippen LogP contribution in [0.3, 0.4) is 0 Å². The molecule has 2 N–H and O–H groups in total. The van der Waals surface area contributed by atoms with Gasteiger partial charge in [-0.1, -0.05) is 6.07 Å². The molecule has 0 spiro atoms. The van der Waals surface area contributed by atoms with Gasteiger partial charge in [0, 0.05) is 16.8 Å². The molecular formula is C16H21N3OS. The van der Waals surface area contributed by atoms with Gasteiger partial charge < -0.3 is 10.3 Å². The fourth-order valence-electron chi connectivity index (χ4n) is 3.00. The average Bonchev–Trinajstić information content (AvgIpc) is 3.21. The number of aromatic amines is 1. The van der Waals surface area contributed by atoms with E-state index in [0.29, 0.717) is 12.6 Å². The van der Waals surface area contributed by atoms with E-state index in [4.69, 9.17) is 0 Å². The molecule has 0 aliphatic carbocycles. The molecule has 0 saturated carbocycles. The summed E-state index contributed by atoms with van der Waals surface area (Å²) in [5.74, 6) is 0.106. The molecule has 2 aromatic heterocycles. The van der Waals surface area contributed by atoms with Crippen molar-refractivity contribution in [3.63, 3.8) is 0 Å². The van der Waals surface area contributed by atoms with E-state index in [9.17, 15) is 4.79 Å². The molecule has 0 bridgehead atoms. The third-order valence-corrected chi connectivity index (χ3v) is 5.09. The van der Waals surface area contributed by atoms with Gasteiger partial charge in [-0.15, -0.1) is 11.3 Å². The van der Waals surface area contributed by atoms with Gasteiger partial charge >= 0.3 is 0 Å². The zero-order valence-corrected chi connectivity index (χ0v) is 13.0. The molecule has 1 saturated heterocycles. The van der Waals surface area contributed by atoms with Gasteiger partial charge in [-0.05, 0) is 49.9 Å². The molecule has 1 fully saturated rings. The van der Waals surface area contributed by atoms with Gasteiger partial charge in [-0.2, -0.15) is 0 Å². The van der Waals surface area contributed by atoms with Gasteiger partial charge in [0.25, 0.3) is 0 Å². The normalized spacial score (nSPS) is 20.5. The molecular weight excluding hydrogens is 282 g/mol. The highest BCUT2D eigenvalue weighted by molar-refractivity contribution is 7.10. The van der Waals surface area contributed by atoms with Crippen LogP contribution >= 0.6 is 11.3 Å². The lowest BCUT2D eigenvalue weighted by Gasteiger charge is -2.24. The van der Waals surface area contributed by atoms with E-state index in [1.807, 2.05) is 30.6 Å². The second kappa shape index (κ2) is 6.45. The molecule has 3 heterocycles. The van der Waals surface area contributed by atoms with Crippen LogP contribution in [0, 0.1) is 0 Å². The highest BCUT2D eigenvalue weighted by Crippen LogP contribution is 2.30. The van der Waals surface area contributed by atoms with Crippen LogP contribution in [0.15, 0.2) is 35.8 Å². The lowest BCUT2D eigenvalue weighted by molar-refractivity contribution is -0.123. The van der Waals surface area contributed by atoms with Crippen molar-refractivity contribution in [2.75, 3.05) is 13.1 Å². The zero-order chi connectivity index (χ0) is 14.7. The van der Waals surface area contributed by atoms with Crippen molar-refractivity contribution in [2.45, 2.75) is 31.8 Å². The Morgan fingerprint density at radius 1 is 1.52 bits per heavy atom.